The molecule has 0 amide bonds. The quantitative estimate of drug-likeness (QED) is 0.262. The summed E-state index contributed by atoms with van der Waals surface area (Å²) < 4.78 is 1.95. The second-order valence-electron chi connectivity index (χ2n) is 8.00. The Hall–Kier alpha value is -3.27. The molecule has 2 aromatic carbocycles. The highest BCUT2D eigenvalue weighted by molar-refractivity contribution is 5.67. The summed E-state index contributed by atoms with van der Waals surface area (Å²) in [5, 5.41) is 8.50. The molecule has 4 aromatic rings. The van der Waals surface area contributed by atoms with Crippen molar-refractivity contribution in [2.45, 2.75) is 51.5 Å². The predicted octanol–water partition coefficient (Wildman–Crippen LogP) is 6.59. The minimum atomic E-state index is 0.892. The van der Waals surface area contributed by atoms with E-state index < -0.39 is 0 Å². The van der Waals surface area contributed by atoms with Crippen molar-refractivity contribution in [2.75, 3.05) is 0 Å². The van der Waals surface area contributed by atoms with Gasteiger partial charge in [-0.15, -0.1) is 5.10 Å². The van der Waals surface area contributed by atoms with Gasteiger partial charge in [-0.25, -0.2) is 0 Å². The minimum Gasteiger partial charge on any atom is -0.264 e. The highest BCUT2D eigenvalue weighted by atomic mass is 15.4. The molecule has 4 heteroatoms. The average molecular weight is 411 g/mol. The summed E-state index contributed by atoms with van der Waals surface area (Å²) in [5.74, 6) is 0. The van der Waals surface area contributed by atoms with Gasteiger partial charge in [-0.1, -0.05) is 85.5 Å². The summed E-state index contributed by atoms with van der Waals surface area (Å²) in [5.41, 5.74) is 6.07. The largest absolute Gasteiger partial charge is 0.264 e. The van der Waals surface area contributed by atoms with Crippen LogP contribution in [-0.4, -0.2) is 20.0 Å². The van der Waals surface area contributed by atoms with Gasteiger partial charge in [0.2, 0.25) is 0 Å². The third-order valence-electron chi connectivity index (χ3n) is 5.68. The summed E-state index contributed by atoms with van der Waals surface area (Å²) in [6, 6.07) is 23.5. The lowest BCUT2D eigenvalue weighted by Crippen LogP contribution is -1.98. The first-order valence-electron chi connectivity index (χ1n) is 11.3. The fourth-order valence-corrected chi connectivity index (χ4v) is 3.99. The van der Waals surface area contributed by atoms with Crippen LogP contribution in [-0.2, 0) is 13.0 Å². The van der Waals surface area contributed by atoms with Crippen molar-refractivity contribution in [1.29, 1.82) is 0 Å². The number of hydrogen-bond donors (Lipinski definition) is 0. The van der Waals surface area contributed by atoms with E-state index in [-0.39, 0.29) is 0 Å². The Morgan fingerprint density at radius 1 is 0.677 bits per heavy atom. The zero-order chi connectivity index (χ0) is 21.1. The molecule has 158 valence electrons. The molecule has 2 aromatic heterocycles. The molecule has 0 saturated heterocycles. The third kappa shape index (κ3) is 6.11. The van der Waals surface area contributed by atoms with Crippen molar-refractivity contribution in [3.8, 4) is 22.4 Å². The van der Waals surface area contributed by atoms with Gasteiger partial charge in [-0.05, 0) is 48.1 Å². The maximum absolute atomic E-state index is 4.26. The van der Waals surface area contributed by atoms with Crippen LogP contribution in [0.4, 0.5) is 0 Å². The highest BCUT2D eigenvalue weighted by Gasteiger charge is 2.05. The maximum Gasteiger partial charge on any atom is 0.114 e. The molecule has 0 spiro atoms. The number of aromatic nitrogens is 4. The summed E-state index contributed by atoms with van der Waals surface area (Å²) >= 11 is 0. The van der Waals surface area contributed by atoms with E-state index in [0.29, 0.717) is 0 Å². The van der Waals surface area contributed by atoms with Gasteiger partial charge in [-0.2, -0.15) is 0 Å². The fourth-order valence-electron chi connectivity index (χ4n) is 3.99. The molecule has 0 atom stereocenters. The Kier molecular flexibility index (Phi) is 7.59. The van der Waals surface area contributed by atoms with Crippen molar-refractivity contribution in [1.82, 2.24) is 20.0 Å². The molecule has 4 nitrogen and oxygen atoms in total. The van der Waals surface area contributed by atoms with Gasteiger partial charge in [0.15, 0.2) is 0 Å². The van der Waals surface area contributed by atoms with E-state index in [9.17, 15) is 0 Å². The van der Waals surface area contributed by atoms with Crippen LogP contribution in [0.1, 0.15) is 44.1 Å². The predicted molar refractivity (Wildman–Crippen MR) is 127 cm³/mol. The molecule has 31 heavy (non-hydrogen) atoms. The van der Waals surface area contributed by atoms with Crippen LogP contribution in [0.15, 0.2) is 85.3 Å². The molecule has 4 rings (SSSR count). The Morgan fingerprint density at radius 3 is 2.26 bits per heavy atom. The fraction of sp³-hybridized carbons (Fsp3) is 0.296. The minimum absolute atomic E-state index is 0.892. The molecule has 2 heterocycles. The molecular formula is C27H30N4. The molecule has 0 aliphatic carbocycles. The number of pyridine rings is 1. The van der Waals surface area contributed by atoms with Gasteiger partial charge in [0.1, 0.15) is 5.69 Å². The van der Waals surface area contributed by atoms with Gasteiger partial charge in [-0.3, -0.25) is 9.67 Å². The zero-order valence-corrected chi connectivity index (χ0v) is 18.0. The van der Waals surface area contributed by atoms with Crippen molar-refractivity contribution >= 4 is 0 Å². The van der Waals surface area contributed by atoms with Crippen molar-refractivity contribution < 1.29 is 0 Å². The molecule has 0 saturated carbocycles. The van der Waals surface area contributed by atoms with Crippen molar-refractivity contribution in [2.24, 2.45) is 0 Å². The monoisotopic (exact) mass is 410 g/mol. The maximum atomic E-state index is 4.26. The van der Waals surface area contributed by atoms with E-state index in [1.165, 1.54) is 48.8 Å². The van der Waals surface area contributed by atoms with E-state index in [0.717, 1.165) is 30.6 Å². The molecule has 0 radical (unpaired) electrons. The van der Waals surface area contributed by atoms with E-state index in [4.69, 9.17) is 0 Å². The average Bonchev–Trinajstić information content (AvgIpc) is 3.31. The van der Waals surface area contributed by atoms with E-state index in [1.54, 1.807) is 6.20 Å². The Labute approximate surface area is 185 Å². The van der Waals surface area contributed by atoms with Gasteiger partial charge in [0.05, 0.1) is 6.20 Å². The van der Waals surface area contributed by atoms with Gasteiger partial charge < -0.3 is 0 Å². The standard InChI is InChI=1S/C27H30N4/c1(2-4-11-20-31-22-27(29-30-31)25-17-12-19-28-21-25)3-6-13-24-16-9-10-18-26(24)23-14-7-5-8-15-23/h5,7-10,12,14-19,21-22H,1-4,6,11,13,20H2. The number of hydrogen-bond acceptors (Lipinski definition) is 3. The number of benzene rings is 2. The number of aryl methyl sites for hydroxylation is 2. The first-order chi connectivity index (χ1) is 15.4. The molecule has 0 aliphatic rings. The van der Waals surface area contributed by atoms with Crippen LogP contribution in [0.3, 0.4) is 0 Å². The number of unbranched alkanes of at least 4 members (excludes halogenated alkanes) is 5. The molecule has 0 bridgehead atoms. The smallest absolute Gasteiger partial charge is 0.114 e. The molecule has 0 N–H and O–H groups in total. The second kappa shape index (κ2) is 11.2. The van der Waals surface area contributed by atoms with Crippen LogP contribution in [0.25, 0.3) is 22.4 Å². The Bertz CT molecular complexity index is 1040. The lowest BCUT2D eigenvalue weighted by Gasteiger charge is -2.09. The van der Waals surface area contributed by atoms with Crippen LogP contribution in [0.5, 0.6) is 0 Å². The van der Waals surface area contributed by atoms with Crippen LogP contribution in [0, 0.1) is 0 Å². The summed E-state index contributed by atoms with van der Waals surface area (Å²) in [6.07, 6.45) is 14.3. The van der Waals surface area contributed by atoms with Gasteiger partial charge in [0.25, 0.3) is 0 Å². The summed E-state index contributed by atoms with van der Waals surface area (Å²) in [6.45, 7) is 0.928. The van der Waals surface area contributed by atoms with E-state index in [2.05, 4.69) is 69.9 Å². The van der Waals surface area contributed by atoms with E-state index in [1.807, 2.05) is 29.2 Å². The summed E-state index contributed by atoms with van der Waals surface area (Å²) in [7, 11) is 0. The van der Waals surface area contributed by atoms with Crippen LogP contribution in [0.2, 0.25) is 0 Å². The molecule has 0 fully saturated rings. The lowest BCUT2D eigenvalue weighted by molar-refractivity contribution is 0.514. The number of rotatable bonds is 11. The Morgan fingerprint density at radius 2 is 1.42 bits per heavy atom. The first kappa shape index (κ1) is 21.0. The molecule has 0 unspecified atom stereocenters. The lowest BCUT2D eigenvalue weighted by atomic mass is 9.95. The normalized spacial score (nSPS) is 11.0. The highest BCUT2D eigenvalue weighted by Crippen LogP contribution is 2.25. The van der Waals surface area contributed by atoms with Crippen molar-refractivity contribution in [3.63, 3.8) is 0 Å². The van der Waals surface area contributed by atoms with Gasteiger partial charge >= 0.3 is 0 Å². The van der Waals surface area contributed by atoms with Crippen LogP contribution >= 0.6 is 0 Å². The SMILES string of the molecule is c1ccc(-c2ccccc2CCCCCCCCn2cc(-c3cccnc3)nn2)cc1. The first-order valence-corrected chi connectivity index (χ1v) is 11.3. The van der Waals surface area contributed by atoms with E-state index >= 15 is 0 Å². The summed E-state index contributed by atoms with van der Waals surface area (Å²) in [4.78, 5) is 4.14. The van der Waals surface area contributed by atoms with Crippen molar-refractivity contribution in [3.05, 3.63) is 90.9 Å². The topological polar surface area (TPSA) is 43.6 Å². The Balaban J connectivity index is 1.13. The second-order valence-corrected chi connectivity index (χ2v) is 8.00. The third-order valence-corrected chi connectivity index (χ3v) is 5.68. The molecular weight excluding hydrogens is 380 g/mol. The zero-order valence-electron chi connectivity index (χ0n) is 18.0. The van der Waals surface area contributed by atoms with Crippen LogP contribution < -0.4 is 0 Å². The van der Waals surface area contributed by atoms with Gasteiger partial charge in [0, 0.05) is 24.5 Å². The molecule has 0 aliphatic heterocycles. The number of nitrogens with zero attached hydrogens (tertiary/aromatic N) is 4.